The molecule has 0 radical (unpaired) electrons. The second-order valence-electron chi connectivity index (χ2n) is 8.90. The van der Waals surface area contributed by atoms with Crippen LogP contribution in [0.25, 0.3) is 0 Å². The van der Waals surface area contributed by atoms with Gasteiger partial charge in [0.05, 0.1) is 0 Å². The first-order valence-corrected chi connectivity index (χ1v) is 13.7. The molecule has 7 nitrogen and oxygen atoms in total. The van der Waals surface area contributed by atoms with Crippen LogP contribution in [0.4, 0.5) is 11.4 Å². The molecule has 3 amide bonds. The summed E-state index contributed by atoms with van der Waals surface area (Å²) >= 11 is 6.01. The number of nitrogens with zero attached hydrogens (tertiary/aromatic N) is 1. The van der Waals surface area contributed by atoms with Crippen molar-refractivity contribution < 1.29 is 18.6 Å². The lowest BCUT2D eigenvalue weighted by atomic mass is 9.95. The van der Waals surface area contributed by atoms with Crippen LogP contribution in [-0.4, -0.2) is 45.5 Å². The Morgan fingerprint density at radius 1 is 1.00 bits per heavy atom. The predicted octanol–water partition coefficient (Wildman–Crippen LogP) is 4.21. The van der Waals surface area contributed by atoms with E-state index in [1.54, 1.807) is 43.3 Å². The van der Waals surface area contributed by atoms with E-state index >= 15 is 0 Å². The summed E-state index contributed by atoms with van der Waals surface area (Å²) in [6.07, 6.45) is 5.16. The lowest BCUT2D eigenvalue weighted by Gasteiger charge is -2.31. The predicted molar refractivity (Wildman–Crippen MR) is 141 cm³/mol. The summed E-state index contributed by atoms with van der Waals surface area (Å²) in [5.41, 5.74) is 2.13. The Hall–Kier alpha value is -2.71. The Morgan fingerprint density at radius 3 is 2.26 bits per heavy atom. The molecule has 0 heterocycles. The number of carbonyl (C=O) groups is 3. The van der Waals surface area contributed by atoms with E-state index in [1.165, 1.54) is 11.3 Å². The van der Waals surface area contributed by atoms with Crippen molar-refractivity contribution in [3.63, 3.8) is 0 Å². The van der Waals surface area contributed by atoms with Gasteiger partial charge in [-0.2, -0.15) is 0 Å². The second-order valence-corrected chi connectivity index (χ2v) is 10.8. The Kier molecular flexibility index (Phi) is 9.86. The summed E-state index contributed by atoms with van der Waals surface area (Å²) < 4.78 is 12.7. The Labute approximate surface area is 214 Å². The molecule has 1 aliphatic carbocycles. The van der Waals surface area contributed by atoms with E-state index in [0.717, 1.165) is 31.2 Å². The molecule has 2 atom stereocenters. The normalized spacial score (nSPS) is 15.6. The van der Waals surface area contributed by atoms with Crippen molar-refractivity contribution in [1.29, 1.82) is 0 Å². The van der Waals surface area contributed by atoms with Crippen LogP contribution >= 0.6 is 11.6 Å². The maximum Gasteiger partial charge on any atom is 0.243 e. The number of benzene rings is 2. The molecule has 2 N–H and O–H groups in total. The van der Waals surface area contributed by atoms with E-state index in [9.17, 15) is 18.6 Å². The average Bonchev–Trinajstić information content (AvgIpc) is 2.82. The van der Waals surface area contributed by atoms with Gasteiger partial charge in [0.1, 0.15) is 17.5 Å². The fraction of sp³-hybridized carbons (Fsp3) is 0.423. The van der Waals surface area contributed by atoms with Gasteiger partial charge in [-0.3, -0.25) is 23.5 Å². The minimum Gasteiger partial charge on any atom is -0.352 e. The van der Waals surface area contributed by atoms with E-state index in [0.29, 0.717) is 16.4 Å². The summed E-state index contributed by atoms with van der Waals surface area (Å²) in [7, 11) is -1.75. The molecular weight excluding hydrogens is 486 g/mol. The van der Waals surface area contributed by atoms with Gasteiger partial charge < -0.3 is 10.6 Å². The van der Waals surface area contributed by atoms with E-state index in [-0.39, 0.29) is 23.5 Å². The van der Waals surface area contributed by atoms with Crippen LogP contribution in [0.1, 0.15) is 44.6 Å². The zero-order valence-corrected chi connectivity index (χ0v) is 21.7. The molecule has 9 heteroatoms. The van der Waals surface area contributed by atoms with Gasteiger partial charge in [0.2, 0.25) is 17.7 Å². The minimum absolute atomic E-state index is 0.0977. The van der Waals surface area contributed by atoms with Gasteiger partial charge in [0, 0.05) is 33.2 Å². The molecule has 2 aromatic carbocycles. The molecule has 3 rings (SSSR count). The summed E-state index contributed by atoms with van der Waals surface area (Å²) in [5.74, 6) is -1.91. The number of amides is 3. The summed E-state index contributed by atoms with van der Waals surface area (Å²) in [6.45, 7) is 3.59. The van der Waals surface area contributed by atoms with E-state index in [4.69, 9.17) is 11.6 Å². The molecule has 1 aliphatic rings. The van der Waals surface area contributed by atoms with Gasteiger partial charge in [-0.25, -0.2) is 0 Å². The molecule has 188 valence electrons. The highest BCUT2D eigenvalue weighted by Crippen LogP contribution is 2.22. The van der Waals surface area contributed by atoms with Crippen molar-refractivity contribution in [1.82, 2.24) is 5.32 Å². The maximum atomic E-state index is 13.2. The van der Waals surface area contributed by atoms with Crippen LogP contribution < -0.4 is 15.5 Å². The van der Waals surface area contributed by atoms with Gasteiger partial charge in [0.15, 0.2) is 0 Å². The molecule has 0 aromatic heterocycles. The summed E-state index contributed by atoms with van der Waals surface area (Å²) in [5, 5.41) is 6.24. The lowest BCUT2D eigenvalue weighted by Crippen LogP contribution is -2.52. The van der Waals surface area contributed by atoms with Gasteiger partial charge in [-0.1, -0.05) is 48.6 Å². The first kappa shape index (κ1) is 26.9. The number of hydrogen-bond acceptors (Lipinski definition) is 4. The number of hydrogen-bond donors (Lipinski definition) is 2. The second kappa shape index (κ2) is 12.8. The summed E-state index contributed by atoms with van der Waals surface area (Å²) in [6, 6.07) is 13.1. The zero-order valence-electron chi connectivity index (χ0n) is 20.1. The third kappa shape index (κ3) is 8.18. The molecule has 0 saturated heterocycles. The molecular formula is C26H32ClN3O4S. The fourth-order valence-corrected chi connectivity index (χ4v) is 5.12. The van der Waals surface area contributed by atoms with E-state index in [2.05, 4.69) is 10.6 Å². The van der Waals surface area contributed by atoms with Crippen LogP contribution in [0.3, 0.4) is 0 Å². The van der Waals surface area contributed by atoms with Crippen LogP contribution in [0.15, 0.2) is 48.5 Å². The first-order chi connectivity index (χ1) is 16.7. The smallest absolute Gasteiger partial charge is 0.243 e. The van der Waals surface area contributed by atoms with E-state index in [1.807, 2.05) is 19.1 Å². The Bertz CT molecular complexity index is 1050. The molecule has 0 aliphatic heterocycles. The standard InChI is InChI=1S/C26H32ClN3O4S/c1-18-8-12-22(13-9-18)28-24(31)16-35(34)17-25(32)30(23-14-10-20(27)11-15-23)19(2)26(33)29-21-6-4-3-5-7-21/h8-15,19,21H,3-7,16-17H2,1-2H3,(H,28,31)(H,29,33)/t19-,35+/m0/s1. The van der Waals surface area contributed by atoms with Gasteiger partial charge in [-0.15, -0.1) is 0 Å². The Balaban J connectivity index is 1.66. The number of anilines is 2. The quantitative estimate of drug-likeness (QED) is 0.521. The number of aryl methyl sites for hydroxylation is 1. The molecule has 35 heavy (non-hydrogen) atoms. The van der Waals surface area contributed by atoms with Crippen molar-refractivity contribution in [2.75, 3.05) is 21.7 Å². The van der Waals surface area contributed by atoms with Crippen LogP contribution in [-0.2, 0) is 25.2 Å². The largest absolute Gasteiger partial charge is 0.352 e. The van der Waals surface area contributed by atoms with Crippen LogP contribution in [0, 0.1) is 6.92 Å². The zero-order chi connectivity index (χ0) is 25.4. The highest BCUT2D eigenvalue weighted by molar-refractivity contribution is 7.86. The third-order valence-corrected chi connectivity index (χ3v) is 7.41. The topological polar surface area (TPSA) is 95.6 Å². The highest BCUT2D eigenvalue weighted by atomic mass is 35.5. The Morgan fingerprint density at radius 2 is 1.63 bits per heavy atom. The van der Waals surface area contributed by atoms with Crippen LogP contribution in [0.5, 0.6) is 0 Å². The number of rotatable bonds is 9. The molecule has 0 unspecified atom stereocenters. The van der Waals surface area contributed by atoms with E-state index < -0.39 is 28.7 Å². The SMILES string of the molecule is Cc1ccc(NC(=O)C[S@@](=O)CC(=O)N(c2ccc(Cl)cc2)[C@@H](C)C(=O)NC2CCCCC2)cc1. The summed E-state index contributed by atoms with van der Waals surface area (Å²) in [4.78, 5) is 39.9. The lowest BCUT2D eigenvalue weighted by molar-refractivity contribution is -0.126. The van der Waals surface area contributed by atoms with Crippen molar-refractivity contribution in [2.24, 2.45) is 0 Å². The molecule has 1 fully saturated rings. The number of nitrogens with one attached hydrogen (secondary N) is 2. The van der Waals surface area contributed by atoms with Crippen molar-refractivity contribution >= 4 is 51.5 Å². The number of halogens is 1. The van der Waals surface area contributed by atoms with Crippen molar-refractivity contribution in [3.05, 3.63) is 59.1 Å². The van der Waals surface area contributed by atoms with Gasteiger partial charge in [-0.05, 0) is 63.1 Å². The molecule has 2 aromatic rings. The van der Waals surface area contributed by atoms with Crippen molar-refractivity contribution in [2.45, 2.75) is 58.0 Å². The third-order valence-electron chi connectivity index (χ3n) is 6.00. The highest BCUT2D eigenvalue weighted by Gasteiger charge is 2.30. The van der Waals surface area contributed by atoms with Crippen molar-refractivity contribution in [3.8, 4) is 0 Å². The fourth-order valence-electron chi connectivity index (χ4n) is 4.11. The molecule has 0 bridgehead atoms. The van der Waals surface area contributed by atoms with Gasteiger partial charge in [0.25, 0.3) is 0 Å². The monoisotopic (exact) mass is 517 g/mol. The molecule has 0 spiro atoms. The minimum atomic E-state index is -1.75. The van der Waals surface area contributed by atoms with Gasteiger partial charge >= 0.3 is 0 Å². The average molecular weight is 518 g/mol. The molecule has 1 saturated carbocycles. The van der Waals surface area contributed by atoms with Crippen LogP contribution in [0.2, 0.25) is 5.02 Å². The first-order valence-electron chi connectivity index (χ1n) is 11.8. The number of carbonyl (C=O) groups excluding carboxylic acids is 3. The maximum absolute atomic E-state index is 13.2.